The zero-order valence-corrected chi connectivity index (χ0v) is 22.8. The molecule has 0 aliphatic rings. The first kappa shape index (κ1) is 23.7. The number of rotatable bonds is 4. The van der Waals surface area contributed by atoms with Crippen molar-refractivity contribution in [3.63, 3.8) is 0 Å². The zero-order chi connectivity index (χ0) is 28.3. The third-order valence-electron chi connectivity index (χ3n) is 8.18. The summed E-state index contributed by atoms with van der Waals surface area (Å²) >= 11 is 0. The second-order valence-corrected chi connectivity index (χ2v) is 10.6. The molecule has 3 heterocycles. The Morgan fingerprint density at radius 3 is 1.51 bits per heavy atom. The Morgan fingerprint density at radius 2 is 0.930 bits per heavy atom. The van der Waals surface area contributed by atoms with Gasteiger partial charge in [0.05, 0.1) is 12.4 Å². The summed E-state index contributed by atoms with van der Waals surface area (Å²) in [6.07, 6.45) is 6.56. The minimum atomic E-state index is 0.593. The Hall–Kier alpha value is -5.94. The highest BCUT2D eigenvalue weighted by Crippen LogP contribution is 2.46. The minimum Gasteiger partial charge on any atom is -0.456 e. The molecule has 43 heavy (non-hydrogen) atoms. The normalized spacial score (nSPS) is 11.7. The molecule has 0 radical (unpaired) electrons. The maximum atomic E-state index is 6.41. The van der Waals surface area contributed by atoms with E-state index in [1.807, 2.05) is 24.3 Å². The number of oxazole rings is 2. The molecule has 0 saturated heterocycles. The van der Waals surface area contributed by atoms with Crippen LogP contribution in [0.25, 0.3) is 88.6 Å². The molecule has 0 spiro atoms. The van der Waals surface area contributed by atoms with E-state index in [0.29, 0.717) is 11.8 Å². The summed E-state index contributed by atoms with van der Waals surface area (Å²) in [7, 11) is 0. The van der Waals surface area contributed by atoms with Gasteiger partial charge in [0.1, 0.15) is 23.7 Å². The number of benzene rings is 6. The van der Waals surface area contributed by atoms with Gasteiger partial charge < -0.3 is 13.3 Å². The van der Waals surface area contributed by atoms with Crippen LogP contribution in [0.3, 0.4) is 0 Å². The standard InChI is InChI=1S/C38H22N2O3/c1-2-13-29-28(12-1)35(23-7-5-9-25(19-23)37-39-15-17-41-37)31-21-30-27-11-3-4-14-33(27)43-34(30)22-32(31)36(29)24-8-6-10-26(20-24)38-40-16-18-42-38/h1-22H. The first-order chi connectivity index (χ1) is 21.3. The third-order valence-corrected chi connectivity index (χ3v) is 8.18. The van der Waals surface area contributed by atoms with Crippen molar-refractivity contribution in [3.05, 3.63) is 134 Å². The Kier molecular flexibility index (Phi) is 5.13. The van der Waals surface area contributed by atoms with E-state index in [1.165, 1.54) is 0 Å². The van der Waals surface area contributed by atoms with E-state index < -0.39 is 0 Å². The molecule has 5 heteroatoms. The van der Waals surface area contributed by atoms with E-state index in [2.05, 4.69) is 94.9 Å². The van der Waals surface area contributed by atoms with E-state index >= 15 is 0 Å². The summed E-state index contributed by atoms with van der Waals surface area (Å²) in [6, 6.07) is 38.1. The molecular formula is C38H22N2O3. The van der Waals surface area contributed by atoms with E-state index in [-0.39, 0.29) is 0 Å². The topological polar surface area (TPSA) is 65.2 Å². The van der Waals surface area contributed by atoms with Crippen molar-refractivity contribution in [1.29, 1.82) is 0 Å². The van der Waals surface area contributed by atoms with Crippen LogP contribution in [0.1, 0.15) is 0 Å². The van der Waals surface area contributed by atoms with Gasteiger partial charge in [-0.15, -0.1) is 0 Å². The number of nitrogens with zero attached hydrogens (tertiary/aromatic N) is 2. The number of fused-ring (bicyclic) bond motifs is 5. The summed E-state index contributed by atoms with van der Waals surface area (Å²) in [4.78, 5) is 8.81. The van der Waals surface area contributed by atoms with Crippen molar-refractivity contribution in [1.82, 2.24) is 9.97 Å². The summed E-state index contributed by atoms with van der Waals surface area (Å²) < 4.78 is 17.7. The lowest BCUT2D eigenvalue weighted by molar-refractivity contribution is 0.574. The van der Waals surface area contributed by atoms with Crippen LogP contribution in [0.4, 0.5) is 0 Å². The Bertz CT molecular complexity index is 2450. The number of aromatic nitrogens is 2. The molecule has 0 fully saturated rings. The van der Waals surface area contributed by atoms with Gasteiger partial charge in [0.15, 0.2) is 0 Å². The molecule has 3 aromatic heterocycles. The zero-order valence-electron chi connectivity index (χ0n) is 22.8. The number of hydrogen-bond acceptors (Lipinski definition) is 5. The van der Waals surface area contributed by atoms with E-state index in [4.69, 9.17) is 13.3 Å². The quantitative estimate of drug-likeness (QED) is 0.202. The predicted octanol–water partition coefficient (Wildman–Crippen LogP) is 10.5. The molecular weight excluding hydrogens is 532 g/mol. The van der Waals surface area contributed by atoms with Crippen molar-refractivity contribution >= 4 is 43.5 Å². The molecule has 9 aromatic rings. The molecule has 0 saturated carbocycles. The second-order valence-electron chi connectivity index (χ2n) is 10.6. The number of hydrogen-bond donors (Lipinski definition) is 0. The lowest BCUT2D eigenvalue weighted by Gasteiger charge is -2.18. The van der Waals surface area contributed by atoms with Gasteiger partial charge in [-0.2, -0.15) is 0 Å². The van der Waals surface area contributed by atoms with Gasteiger partial charge in [0.25, 0.3) is 0 Å². The highest BCUT2D eigenvalue weighted by molar-refractivity contribution is 6.25. The van der Waals surface area contributed by atoms with Crippen LogP contribution in [0.5, 0.6) is 0 Å². The van der Waals surface area contributed by atoms with Crippen LogP contribution >= 0.6 is 0 Å². The molecule has 0 amide bonds. The molecule has 0 aliphatic carbocycles. The summed E-state index contributed by atoms with van der Waals surface area (Å²) in [5.41, 5.74) is 8.03. The summed E-state index contributed by atoms with van der Waals surface area (Å²) in [5, 5.41) is 6.72. The van der Waals surface area contributed by atoms with Crippen LogP contribution in [0.2, 0.25) is 0 Å². The maximum absolute atomic E-state index is 6.41. The minimum absolute atomic E-state index is 0.593. The van der Waals surface area contributed by atoms with Crippen molar-refractivity contribution in [2.75, 3.05) is 0 Å². The number of furan rings is 1. The Labute approximate surface area is 245 Å². The molecule has 0 bridgehead atoms. The summed E-state index contributed by atoms with van der Waals surface area (Å²) in [6.45, 7) is 0. The van der Waals surface area contributed by atoms with Gasteiger partial charge in [-0.1, -0.05) is 66.7 Å². The first-order valence-electron chi connectivity index (χ1n) is 14.1. The molecule has 202 valence electrons. The van der Waals surface area contributed by atoms with Crippen LogP contribution in [-0.4, -0.2) is 9.97 Å². The van der Waals surface area contributed by atoms with Gasteiger partial charge in [-0.25, -0.2) is 9.97 Å². The smallest absolute Gasteiger partial charge is 0.225 e. The van der Waals surface area contributed by atoms with Gasteiger partial charge in [-0.05, 0) is 86.3 Å². The molecule has 0 atom stereocenters. The monoisotopic (exact) mass is 554 g/mol. The highest BCUT2D eigenvalue weighted by atomic mass is 16.3. The lowest BCUT2D eigenvalue weighted by atomic mass is 9.85. The fourth-order valence-corrected chi connectivity index (χ4v) is 6.36. The van der Waals surface area contributed by atoms with Gasteiger partial charge in [-0.3, -0.25) is 0 Å². The first-order valence-corrected chi connectivity index (χ1v) is 14.1. The predicted molar refractivity (Wildman–Crippen MR) is 171 cm³/mol. The van der Waals surface area contributed by atoms with Gasteiger partial charge >= 0.3 is 0 Å². The third kappa shape index (κ3) is 3.72. The Morgan fingerprint density at radius 1 is 0.395 bits per heavy atom. The van der Waals surface area contributed by atoms with Crippen LogP contribution in [0.15, 0.2) is 147 Å². The maximum Gasteiger partial charge on any atom is 0.225 e. The molecule has 9 rings (SSSR count). The Balaban J connectivity index is 1.43. The fraction of sp³-hybridized carbons (Fsp3) is 0. The number of para-hydroxylation sites is 1. The second kappa shape index (κ2) is 9.29. The highest BCUT2D eigenvalue weighted by Gasteiger charge is 2.20. The van der Waals surface area contributed by atoms with Gasteiger partial charge in [0, 0.05) is 21.9 Å². The molecule has 0 aliphatic heterocycles. The largest absolute Gasteiger partial charge is 0.456 e. The lowest BCUT2D eigenvalue weighted by Crippen LogP contribution is -1.92. The van der Waals surface area contributed by atoms with Crippen molar-refractivity contribution in [2.24, 2.45) is 0 Å². The fourth-order valence-electron chi connectivity index (χ4n) is 6.36. The van der Waals surface area contributed by atoms with Crippen molar-refractivity contribution < 1.29 is 13.3 Å². The average molecular weight is 555 g/mol. The van der Waals surface area contributed by atoms with Crippen LogP contribution < -0.4 is 0 Å². The average Bonchev–Trinajstić information content (AvgIpc) is 3.85. The SMILES string of the molecule is c1cc(-c2ncco2)cc(-c2c3ccccc3c(-c3cccc(-c4ncco4)c3)c3cc4c(cc23)oc2ccccc24)c1. The van der Waals surface area contributed by atoms with E-state index in [1.54, 1.807) is 24.9 Å². The van der Waals surface area contributed by atoms with E-state index in [0.717, 1.165) is 76.9 Å². The molecule has 5 nitrogen and oxygen atoms in total. The van der Waals surface area contributed by atoms with E-state index in [9.17, 15) is 0 Å². The van der Waals surface area contributed by atoms with Gasteiger partial charge in [0.2, 0.25) is 11.8 Å². The van der Waals surface area contributed by atoms with Crippen LogP contribution in [0, 0.1) is 0 Å². The van der Waals surface area contributed by atoms with Crippen molar-refractivity contribution in [2.45, 2.75) is 0 Å². The molecule has 0 N–H and O–H groups in total. The van der Waals surface area contributed by atoms with Crippen LogP contribution in [-0.2, 0) is 0 Å². The molecule has 0 unspecified atom stereocenters. The molecule has 6 aromatic carbocycles. The summed E-state index contributed by atoms with van der Waals surface area (Å²) in [5.74, 6) is 1.19. The van der Waals surface area contributed by atoms with Crippen molar-refractivity contribution in [3.8, 4) is 45.2 Å².